The molecule has 0 aromatic carbocycles. The molecule has 2 amide bonds. The van der Waals surface area contributed by atoms with E-state index in [1.807, 2.05) is 4.90 Å². The predicted molar refractivity (Wildman–Crippen MR) is 62.4 cm³/mol. The third kappa shape index (κ3) is 3.37. The van der Waals surface area contributed by atoms with Crippen molar-refractivity contribution in [2.24, 2.45) is 5.92 Å². The van der Waals surface area contributed by atoms with Gasteiger partial charge in [0.2, 0.25) is 0 Å². The Kier molecular flexibility index (Phi) is 4.45. The molecule has 0 bridgehead atoms. The van der Waals surface area contributed by atoms with Gasteiger partial charge in [0, 0.05) is 32.8 Å². The van der Waals surface area contributed by atoms with Crippen molar-refractivity contribution in [3.05, 3.63) is 0 Å². The van der Waals surface area contributed by atoms with Crippen molar-refractivity contribution in [1.29, 1.82) is 0 Å². The SMILES string of the molecule is O=C(NCCC1CCOC1)N1CCCCC1. The zero-order chi connectivity index (χ0) is 11.2. The molecule has 2 heterocycles. The molecule has 92 valence electrons. The lowest BCUT2D eigenvalue weighted by molar-refractivity contribution is 0.179. The second-order valence-electron chi connectivity index (χ2n) is 4.80. The fraction of sp³-hybridized carbons (Fsp3) is 0.917. The number of carbonyl (C=O) groups is 1. The quantitative estimate of drug-likeness (QED) is 0.794. The van der Waals surface area contributed by atoms with Gasteiger partial charge in [0.05, 0.1) is 0 Å². The maximum absolute atomic E-state index is 11.8. The monoisotopic (exact) mass is 226 g/mol. The largest absolute Gasteiger partial charge is 0.381 e. The maximum Gasteiger partial charge on any atom is 0.317 e. The molecule has 4 nitrogen and oxygen atoms in total. The molecule has 2 aliphatic heterocycles. The Labute approximate surface area is 97.3 Å². The van der Waals surface area contributed by atoms with Crippen LogP contribution in [0.15, 0.2) is 0 Å². The first-order valence-electron chi connectivity index (χ1n) is 6.47. The van der Waals surface area contributed by atoms with E-state index in [0.29, 0.717) is 5.92 Å². The average Bonchev–Trinajstić information content (AvgIpc) is 2.83. The van der Waals surface area contributed by atoms with Gasteiger partial charge in [-0.05, 0) is 38.0 Å². The molecule has 1 atom stereocenters. The van der Waals surface area contributed by atoms with Crippen LogP contribution in [-0.4, -0.2) is 43.8 Å². The molecule has 2 rings (SSSR count). The molecule has 16 heavy (non-hydrogen) atoms. The lowest BCUT2D eigenvalue weighted by atomic mass is 10.1. The summed E-state index contributed by atoms with van der Waals surface area (Å²) in [5.41, 5.74) is 0. The number of hydrogen-bond acceptors (Lipinski definition) is 2. The smallest absolute Gasteiger partial charge is 0.317 e. The Hall–Kier alpha value is -0.770. The zero-order valence-electron chi connectivity index (χ0n) is 9.91. The summed E-state index contributed by atoms with van der Waals surface area (Å²) in [6.45, 7) is 4.42. The molecule has 0 saturated carbocycles. The van der Waals surface area contributed by atoms with E-state index in [0.717, 1.165) is 58.5 Å². The van der Waals surface area contributed by atoms with Crippen LogP contribution in [0.5, 0.6) is 0 Å². The topological polar surface area (TPSA) is 41.6 Å². The number of amides is 2. The lowest BCUT2D eigenvalue weighted by Crippen LogP contribution is -2.43. The van der Waals surface area contributed by atoms with Gasteiger partial charge in [-0.15, -0.1) is 0 Å². The number of ether oxygens (including phenoxy) is 1. The van der Waals surface area contributed by atoms with Gasteiger partial charge in [0.1, 0.15) is 0 Å². The third-order valence-electron chi connectivity index (χ3n) is 3.50. The summed E-state index contributed by atoms with van der Waals surface area (Å²) in [6, 6.07) is 0.124. The highest BCUT2D eigenvalue weighted by molar-refractivity contribution is 5.74. The third-order valence-corrected chi connectivity index (χ3v) is 3.50. The zero-order valence-corrected chi connectivity index (χ0v) is 9.91. The number of nitrogens with zero attached hydrogens (tertiary/aromatic N) is 1. The van der Waals surface area contributed by atoms with Crippen LogP contribution >= 0.6 is 0 Å². The number of nitrogens with one attached hydrogen (secondary N) is 1. The van der Waals surface area contributed by atoms with Crippen molar-refractivity contribution in [3.63, 3.8) is 0 Å². The van der Waals surface area contributed by atoms with E-state index >= 15 is 0 Å². The van der Waals surface area contributed by atoms with E-state index in [2.05, 4.69) is 5.32 Å². The van der Waals surface area contributed by atoms with Crippen LogP contribution in [0.4, 0.5) is 4.79 Å². The van der Waals surface area contributed by atoms with Crippen molar-refractivity contribution < 1.29 is 9.53 Å². The van der Waals surface area contributed by atoms with Gasteiger partial charge in [-0.25, -0.2) is 4.79 Å². The minimum Gasteiger partial charge on any atom is -0.381 e. The Morgan fingerprint density at radius 3 is 2.81 bits per heavy atom. The van der Waals surface area contributed by atoms with Gasteiger partial charge in [0.25, 0.3) is 0 Å². The molecule has 2 aliphatic rings. The van der Waals surface area contributed by atoms with Crippen LogP contribution in [0.3, 0.4) is 0 Å². The molecule has 1 N–H and O–H groups in total. The van der Waals surface area contributed by atoms with Crippen LogP contribution in [0.1, 0.15) is 32.1 Å². The van der Waals surface area contributed by atoms with Gasteiger partial charge in [0.15, 0.2) is 0 Å². The number of hydrogen-bond donors (Lipinski definition) is 1. The highest BCUT2D eigenvalue weighted by atomic mass is 16.5. The van der Waals surface area contributed by atoms with E-state index < -0.39 is 0 Å². The van der Waals surface area contributed by atoms with E-state index in [9.17, 15) is 4.79 Å². The number of rotatable bonds is 3. The van der Waals surface area contributed by atoms with Gasteiger partial charge >= 0.3 is 6.03 Å². The fourth-order valence-electron chi connectivity index (χ4n) is 2.40. The molecule has 2 fully saturated rings. The first-order valence-corrected chi connectivity index (χ1v) is 6.47. The second kappa shape index (κ2) is 6.09. The molecule has 0 radical (unpaired) electrons. The molecule has 4 heteroatoms. The van der Waals surface area contributed by atoms with Crippen LogP contribution < -0.4 is 5.32 Å². The summed E-state index contributed by atoms with van der Waals surface area (Å²) in [7, 11) is 0. The minimum absolute atomic E-state index is 0.124. The normalized spacial score (nSPS) is 25.8. The average molecular weight is 226 g/mol. The second-order valence-corrected chi connectivity index (χ2v) is 4.80. The molecule has 0 aliphatic carbocycles. The molecule has 0 aromatic heterocycles. The Balaban J connectivity index is 1.59. The van der Waals surface area contributed by atoms with E-state index in [1.54, 1.807) is 0 Å². The molecule has 0 spiro atoms. The maximum atomic E-state index is 11.8. The molecule has 2 saturated heterocycles. The highest BCUT2D eigenvalue weighted by Gasteiger charge is 2.18. The van der Waals surface area contributed by atoms with E-state index in [1.165, 1.54) is 6.42 Å². The Morgan fingerprint density at radius 2 is 2.12 bits per heavy atom. The summed E-state index contributed by atoms with van der Waals surface area (Å²) < 4.78 is 5.31. The van der Waals surface area contributed by atoms with E-state index in [4.69, 9.17) is 4.74 Å². The Bertz CT molecular complexity index is 221. The Morgan fingerprint density at radius 1 is 1.31 bits per heavy atom. The summed E-state index contributed by atoms with van der Waals surface area (Å²) in [6.07, 6.45) is 5.79. The van der Waals surface area contributed by atoms with Gasteiger partial charge in [-0.2, -0.15) is 0 Å². The minimum atomic E-state index is 0.124. The van der Waals surface area contributed by atoms with Crippen molar-refractivity contribution in [1.82, 2.24) is 10.2 Å². The summed E-state index contributed by atoms with van der Waals surface area (Å²) in [5, 5.41) is 3.01. The fourth-order valence-corrected chi connectivity index (χ4v) is 2.40. The number of likely N-dealkylation sites (tertiary alicyclic amines) is 1. The summed E-state index contributed by atoms with van der Waals surface area (Å²) in [5.74, 6) is 0.654. The summed E-state index contributed by atoms with van der Waals surface area (Å²) in [4.78, 5) is 13.7. The molecular formula is C12H22N2O2. The van der Waals surface area contributed by atoms with E-state index in [-0.39, 0.29) is 6.03 Å². The summed E-state index contributed by atoms with van der Waals surface area (Å²) >= 11 is 0. The van der Waals surface area contributed by atoms with Crippen molar-refractivity contribution in [2.45, 2.75) is 32.1 Å². The predicted octanol–water partition coefficient (Wildman–Crippen LogP) is 1.61. The molecule has 1 unspecified atom stereocenters. The standard InChI is InChI=1S/C12H22N2O2/c15-12(14-7-2-1-3-8-14)13-6-4-11-5-9-16-10-11/h11H,1-10H2,(H,13,15). The van der Waals surface area contributed by atoms with Crippen molar-refractivity contribution in [2.75, 3.05) is 32.8 Å². The van der Waals surface area contributed by atoms with Crippen molar-refractivity contribution in [3.8, 4) is 0 Å². The number of urea groups is 1. The van der Waals surface area contributed by atoms with Crippen LogP contribution in [-0.2, 0) is 4.74 Å². The number of piperidine rings is 1. The molecular weight excluding hydrogens is 204 g/mol. The number of carbonyl (C=O) groups excluding carboxylic acids is 1. The van der Waals surface area contributed by atoms with Crippen LogP contribution in [0, 0.1) is 5.92 Å². The van der Waals surface area contributed by atoms with Gasteiger partial charge in [-0.1, -0.05) is 0 Å². The van der Waals surface area contributed by atoms with Crippen LogP contribution in [0.2, 0.25) is 0 Å². The van der Waals surface area contributed by atoms with Gasteiger partial charge < -0.3 is 15.0 Å². The first kappa shape index (κ1) is 11.7. The van der Waals surface area contributed by atoms with Crippen LogP contribution in [0.25, 0.3) is 0 Å². The highest BCUT2D eigenvalue weighted by Crippen LogP contribution is 2.15. The van der Waals surface area contributed by atoms with Gasteiger partial charge in [-0.3, -0.25) is 0 Å². The first-order chi connectivity index (χ1) is 7.86. The van der Waals surface area contributed by atoms with Crippen molar-refractivity contribution >= 4 is 6.03 Å². The lowest BCUT2D eigenvalue weighted by Gasteiger charge is -2.27. The molecule has 0 aromatic rings.